The number of imide groups is 1. The number of nitrogens with zero attached hydrogens (tertiary/aromatic N) is 2. The SMILES string of the molecule is Cc1nn(-c2ccc(F)cc2)c(Cl)c1/C=C/C(=O)OCC(=O)NC(=O)Cc1ccccc1. The van der Waals surface area contributed by atoms with Crippen LogP contribution in [0.25, 0.3) is 11.8 Å². The highest BCUT2D eigenvalue weighted by Crippen LogP contribution is 2.24. The number of benzene rings is 2. The lowest BCUT2D eigenvalue weighted by Gasteiger charge is -2.04. The molecule has 2 aromatic carbocycles. The molecule has 0 atom stereocenters. The number of esters is 1. The molecule has 3 rings (SSSR count). The smallest absolute Gasteiger partial charge is 0.331 e. The fourth-order valence-corrected chi connectivity index (χ4v) is 3.14. The first kappa shape index (κ1) is 22.9. The van der Waals surface area contributed by atoms with Crippen LogP contribution >= 0.6 is 11.6 Å². The Kier molecular flexibility index (Phi) is 7.51. The van der Waals surface area contributed by atoms with Crippen molar-refractivity contribution in [1.82, 2.24) is 15.1 Å². The lowest BCUT2D eigenvalue weighted by molar-refractivity contribution is -0.145. The Balaban J connectivity index is 1.53. The summed E-state index contributed by atoms with van der Waals surface area (Å²) in [4.78, 5) is 35.6. The molecule has 0 saturated carbocycles. The number of halogens is 2. The number of aromatic nitrogens is 2. The average molecular weight is 456 g/mol. The normalized spacial score (nSPS) is 10.8. The molecule has 0 fully saturated rings. The predicted molar refractivity (Wildman–Crippen MR) is 117 cm³/mol. The molecule has 1 heterocycles. The van der Waals surface area contributed by atoms with Crippen molar-refractivity contribution < 1.29 is 23.5 Å². The van der Waals surface area contributed by atoms with Crippen LogP contribution in [0, 0.1) is 12.7 Å². The maximum Gasteiger partial charge on any atom is 0.331 e. The van der Waals surface area contributed by atoms with Gasteiger partial charge in [0.15, 0.2) is 6.61 Å². The Hall–Kier alpha value is -3.78. The summed E-state index contributed by atoms with van der Waals surface area (Å²) in [5, 5.41) is 6.67. The van der Waals surface area contributed by atoms with Crippen LogP contribution in [-0.4, -0.2) is 34.2 Å². The predicted octanol–water partition coefficient (Wildman–Crippen LogP) is 3.42. The second kappa shape index (κ2) is 10.5. The van der Waals surface area contributed by atoms with Crippen molar-refractivity contribution in [3.63, 3.8) is 0 Å². The molecule has 0 aliphatic carbocycles. The van der Waals surface area contributed by atoms with Gasteiger partial charge in [0.05, 0.1) is 17.8 Å². The topological polar surface area (TPSA) is 90.3 Å². The van der Waals surface area contributed by atoms with E-state index in [1.165, 1.54) is 35.0 Å². The summed E-state index contributed by atoms with van der Waals surface area (Å²) < 4.78 is 19.4. The molecule has 1 aromatic heterocycles. The number of hydrogen-bond acceptors (Lipinski definition) is 5. The summed E-state index contributed by atoms with van der Waals surface area (Å²) in [6.07, 6.45) is 2.55. The van der Waals surface area contributed by atoms with E-state index in [1.54, 1.807) is 31.2 Å². The molecule has 9 heteroatoms. The molecule has 0 aliphatic rings. The van der Waals surface area contributed by atoms with Gasteiger partial charge in [0.25, 0.3) is 5.91 Å². The lowest BCUT2D eigenvalue weighted by atomic mass is 10.1. The molecule has 1 N–H and O–H groups in total. The molecule has 0 aliphatic heterocycles. The van der Waals surface area contributed by atoms with Gasteiger partial charge in [-0.15, -0.1) is 0 Å². The number of hydrogen-bond donors (Lipinski definition) is 1. The van der Waals surface area contributed by atoms with Gasteiger partial charge in [-0.1, -0.05) is 41.9 Å². The highest BCUT2D eigenvalue weighted by Gasteiger charge is 2.14. The number of carbonyl (C=O) groups excluding carboxylic acids is 3. The van der Waals surface area contributed by atoms with Crippen LogP contribution in [0.5, 0.6) is 0 Å². The van der Waals surface area contributed by atoms with Crippen LogP contribution in [0.1, 0.15) is 16.8 Å². The van der Waals surface area contributed by atoms with Crippen LogP contribution in [-0.2, 0) is 25.5 Å². The van der Waals surface area contributed by atoms with Crippen molar-refractivity contribution in [3.05, 3.63) is 88.5 Å². The number of nitrogens with one attached hydrogen (secondary N) is 1. The van der Waals surface area contributed by atoms with Gasteiger partial charge in [-0.2, -0.15) is 5.10 Å². The first-order valence-electron chi connectivity index (χ1n) is 9.56. The van der Waals surface area contributed by atoms with Crippen molar-refractivity contribution in [2.75, 3.05) is 6.61 Å². The summed E-state index contributed by atoms with van der Waals surface area (Å²) in [7, 11) is 0. The van der Waals surface area contributed by atoms with Gasteiger partial charge >= 0.3 is 5.97 Å². The van der Waals surface area contributed by atoms with E-state index in [2.05, 4.69) is 10.4 Å². The highest BCUT2D eigenvalue weighted by molar-refractivity contribution is 6.31. The summed E-state index contributed by atoms with van der Waals surface area (Å²) in [5.74, 6) is -2.41. The molecule has 164 valence electrons. The Morgan fingerprint density at radius 2 is 1.78 bits per heavy atom. The molecule has 0 spiro atoms. The number of carbonyl (C=O) groups is 3. The van der Waals surface area contributed by atoms with Gasteiger partial charge in [-0.25, -0.2) is 13.9 Å². The average Bonchev–Trinajstić information content (AvgIpc) is 3.05. The lowest BCUT2D eigenvalue weighted by Crippen LogP contribution is -2.35. The van der Waals surface area contributed by atoms with E-state index in [1.807, 2.05) is 6.07 Å². The van der Waals surface area contributed by atoms with Crippen molar-refractivity contribution >= 4 is 35.5 Å². The van der Waals surface area contributed by atoms with Gasteiger partial charge in [0, 0.05) is 11.6 Å². The van der Waals surface area contributed by atoms with Crippen molar-refractivity contribution in [2.24, 2.45) is 0 Å². The monoisotopic (exact) mass is 455 g/mol. The fraction of sp³-hybridized carbons (Fsp3) is 0.130. The fourth-order valence-electron chi connectivity index (χ4n) is 2.81. The second-order valence-electron chi connectivity index (χ2n) is 6.75. The third kappa shape index (κ3) is 6.12. The Labute approximate surface area is 188 Å². The Morgan fingerprint density at radius 3 is 2.47 bits per heavy atom. The zero-order valence-electron chi connectivity index (χ0n) is 17.0. The minimum atomic E-state index is -0.791. The van der Waals surface area contributed by atoms with Crippen LogP contribution in [0.3, 0.4) is 0 Å². The van der Waals surface area contributed by atoms with Gasteiger partial charge in [0.1, 0.15) is 11.0 Å². The van der Waals surface area contributed by atoms with E-state index in [0.717, 1.165) is 11.6 Å². The highest BCUT2D eigenvalue weighted by atomic mass is 35.5. The molecule has 7 nitrogen and oxygen atoms in total. The third-order valence-electron chi connectivity index (χ3n) is 4.34. The zero-order chi connectivity index (χ0) is 23.1. The molecule has 32 heavy (non-hydrogen) atoms. The van der Waals surface area contributed by atoms with Crippen molar-refractivity contribution in [3.8, 4) is 5.69 Å². The van der Waals surface area contributed by atoms with E-state index in [4.69, 9.17) is 16.3 Å². The molecule has 0 bridgehead atoms. The Morgan fingerprint density at radius 1 is 1.09 bits per heavy atom. The molecular weight excluding hydrogens is 437 g/mol. The van der Waals surface area contributed by atoms with Crippen LogP contribution in [0.4, 0.5) is 4.39 Å². The quantitative estimate of drug-likeness (QED) is 0.435. The molecule has 0 unspecified atom stereocenters. The third-order valence-corrected chi connectivity index (χ3v) is 4.70. The summed E-state index contributed by atoms with van der Waals surface area (Å²) in [6, 6.07) is 14.5. The molecule has 3 aromatic rings. The molecule has 0 saturated heterocycles. The molecule has 0 radical (unpaired) electrons. The minimum absolute atomic E-state index is 0.0379. The van der Waals surface area contributed by atoms with Gasteiger partial charge < -0.3 is 4.74 Å². The zero-order valence-corrected chi connectivity index (χ0v) is 17.8. The summed E-state index contributed by atoms with van der Waals surface area (Å²) >= 11 is 6.34. The second-order valence-corrected chi connectivity index (χ2v) is 7.11. The molecule has 2 amide bonds. The van der Waals surface area contributed by atoms with Crippen LogP contribution < -0.4 is 5.32 Å². The van der Waals surface area contributed by atoms with Crippen molar-refractivity contribution in [2.45, 2.75) is 13.3 Å². The maximum atomic E-state index is 13.1. The molecular formula is C23H19ClFN3O4. The summed E-state index contributed by atoms with van der Waals surface area (Å²) in [6.45, 7) is 1.09. The standard InChI is InChI=1S/C23H19ClFN3O4/c1-15-19(23(24)28(27-15)18-9-7-17(25)8-10-18)11-12-22(31)32-14-21(30)26-20(29)13-16-5-3-2-4-6-16/h2-12H,13-14H2,1H3,(H,26,29,30)/b12-11+. The first-order chi connectivity index (χ1) is 15.3. The number of ether oxygens (including phenoxy) is 1. The van der Waals surface area contributed by atoms with E-state index < -0.39 is 24.4 Å². The van der Waals surface area contributed by atoms with Gasteiger partial charge in [0.2, 0.25) is 5.91 Å². The number of amides is 2. The maximum absolute atomic E-state index is 13.1. The summed E-state index contributed by atoms with van der Waals surface area (Å²) in [5.41, 5.74) is 2.31. The largest absolute Gasteiger partial charge is 0.452 e. The van der Waals surface area contributed by atoms with E-state index in [9.17, 15) is 18.8 Å². The number of aryl methyl sites for hydroxylation is 1. The Bertz CT molecular complexity index is 1160. The van der Waals surface area contributed by atoms with E-state index in [0.29, 0.717) is 16.9 Å². The minimum Gasteiger partial charge on any atom is -0.452 e. The number of rotatable bonds is 7. The van der Waals surface area contributed by atoms with Gasteiger partial charge in [-0.3, -0.25) is 14.9 Å². The van der Waals surface area contributed by atoms with Crippen molar-refractivity contribution in [1.29, 1.82) is 0 Å². The first-order valence-corrected chi connectivity index (χ1v) is 9.94. The van der Waals surface area contributed by atoms with E-state index >= 15 is 0 Å². The van der Waals surface area contributed by atoms with E-state index in [-0.39, 0.29) is 17.4 Å². The van der Waals surface area contributed by atoms with Crippen LogP contribution in [0.15, 0.2) is 60.7 Å². The van der Waals surface area contributed by atoms with Gasteiger partial charge in [-0.05, 0) is 42.8 Å². The van der Waals surface area contributed by atoms with Crippen LogP contribution in [0.2, 0.25) is 5.15 Å².